The van der Waals surface area contributed by atoms with Crippen LogP contribution in [0.15, 0.2) is 24.4 Å². The van der Waals surface area contributed by atoms with Gasteiger partial charge in [0.2, 0.25) is 5.91 Å². The van der Waals surface area contributed by atoms with Gasteiger partial charge in [-0.2, -0.15) is 0 Å². The third kappa shape index (κ3) is 3.47. The van der Waals surface area contributed by atoms with Crippen molar-refractivity contribution in [2.24, 2.45) is 0 Å². The van der Waals surface area contributed by atoms with Crippen LogP contribution in [0.2, 0.25) is 0 Å². The number of carbonyl (C=O) groups excluding carboxylic acids is 1. The van der Waals surface area contributed by atoms with Gasteiger partial charge in [0, 0.05) is 43.9 Å². The van der Waals surface area contributed by atoms with Gasteiger partial charge in [0.1, 0.15) is 17.5 Å². The lowest BCUT2D eigenvalue weighted by Crippen LogP contribution is -2.25. The molecule has 0 aliphatic carbocycles. The van der Waals surface area contributed by atoms with Gasteiger partial charge in [-0.05, 0) is 31.9 Å². The molecule has 1 aliphatic heterocycles. The monoisotopic (exact) mass is 311 g/mol. The first-order valence-electron chi connectivity index (χ1n) is 7.82. The largest absolute Gasteiger partial charge is 0.342 e. The smallest absolute Gasteiger partial charge is 0.219 e. The van der Waals surface area contributed by atoms with Crippen LogP contribution >= 0.6 is 0 Å². The Morgan fingerprint density at radius 3 is 2.87 bits per heavy atom. The molecular weight excluding hydrogens is 290 g/mol. The summed E-state index contributed by atoms with van der Waals surface area (Å²) in [4.78, 5) is 26.9. The lowest BCUT2D eigenvalue weighted by Gasteiger charge is -2.14. The van der Waals surface area contributed by atoms with Crippen LogP contribution < -0.4 is 5.32 Å². The lowest BCUT2D eigenvalue weighted by atomic mass is 10.1. The van der Waals surface area contributed by atoms with E-state index in [9.17, 15) is 4.79 Å². The normalized spacial score (nSPS) is 17.3. The van der Waals surface area contributed by atoms with Crippen molar-refractivity contribution in [3.63, 3.8) is 0 Å². The SMILES string of the molecule is CC(=O)N1CC[C@H](c2nc(C)cc(Nc3ncccc3C)n2)C1. The van der Waals surface area contributed by atoms with Crippen LogP contribution in [-0.2, 0) is 4.79 Å². The fourth-order valence-corrected chi connectivity index (χ4v) is 2.83. The Morgan fingerprint density at radius 1 is 1.35 bits per heavy atom. The third-order valence-corrected chi connectivity index (χ3v) is 4.13. The van der Waals surface area contributed by atoms with E-state index in [1.54, 1.807) is 13.1 Å². The molecule has 1 N–H and O–H groups in total. The second-order valence-corrected chi connectivity index (χ2v) is 6.00. The Labute approximate surface area is 136 Å². The molecular formula is C17H21N5O. The van der Waals surface area contributed by atoms with E-state index in [4.69, 9.17) is 0 Å². The number of aromatic nitrogens is 3. The minimum Gasteiger partial charge on any atom is -0.342 e. The summed E-state index contributed by atoms with van der Waals surface area (Å²) in [6.45, 7) is 7.04. The van der Waals surface area contributed by atoms with Crippen molar-refractivity contribution in [2.75, 3.05) is 18.4 Å². The van der Waals surface area contributed by atoms with Crippen molar-refractivity contribution < 1.29 is 4.79 Å². The molecule has 1 aliphatic rings. The second kappa shape index (κ2) is 6.32. The van der Waals surface area contributed by atoms with E-state index in [-0.39, 0.29) is 11.8 Å². The first kappa shape index (κ1) is 15.4. The van der Waals surface area contributed by atoms with E-state index in [1.807, 2.05) is 36.9 Å². The zero-order chi connectivity index (χ0) is 16.4. The van der Waals surface area contributed by atoms with Crippen LogP contribution in [0.5, 0.6) is 0 Å². The Kier molecular flexibility index (Phi) is 4.23. The molecule has 0 unspecified atom stereocenters. The maximum absolute atomic E-state index is 11.5. The molecule has 1 amide bonds. The number of pyridine rings is 1. The molecule has 6 heteroatoms. The van der Waals surface area contributed by atoms with Crippen LogP contribution in [0, 0.1) is 13.8 Å². The number of rotatable bonds is 3. The fraction of sp³-hybridized carbons (Fsp3) is 0.412. The van der Waals surface area contributed by atoms with E-state index < -0.39 is 0 Å². The van der Waals surface area contributed by atoms with Crippen molar-refractivity contribution in [3.8, 4) is 0 Å². The van der Waals surface area contributed by atoms with Gasteiger partial charge in [-0.25, -0.2) is 15.0 Å². The van der Waals surface area contributed by atoms with Crippen molar-refractivity contribution in [1.82, 2.24) is 19.9 Å². The van der Waals surface area contributed by atoms with Gasteiger partial charge in [-0.15, -0.1) is 0 Å². The van der Waals surface area contributed by atoms with Gasteiger partial charge in [-0.3, -0.25) is 4.79 Å². The van der Waals surface area contributed by atoms with Gasteiger partial charge < -0.3 is 10.2 Å². The number of likely N-dealkylation sites (tertiary alicyclic amines) is 1. The zero-order valence-corrected chi connectivity index (χ0v) is 13.7. The van der Waals surface area contributed by atoms with E-state index in [1.165, 1.54) is 0 Å². The fourth-order valence-electron chi connectivity index (χ4n) is 2.83. The number of hydrogen-bond acceptors (Lipinski definition) is 5. The molecule has 2 aromatic rings. The van der Waals surface area contributed by atoms with E-state index in [2.05, 4.69) is 20.3 Å². The minimum atomic E-state index is 0.114. The highest BCUT2D eigenvalue weighted by Crippen LogP contribution is 2.26. The number of anilines is 2. The van der Waals surface area contributed by atoms with Crippen molar-refractivity contribution >= 4 is 17.5 Å². The highest BCUT2D eigenvalue weighted by Gasteiger charge is 2.27. The molecule has 1 fully saturated rings. The number of amides is 1. The Hall–Kier alpha value is -2.50. The van der Waals surface area contributed by atoms with E-state index in [0.717, 1.165) is 41.7 Å². The lowest BCUT2D eigenvalue weighted by molar-refractivity contribution is -0.127. The Balaban J connectivity index is 1.83. The van der Waals surface area contributed by atoms with Crippen molar-refractivity contribution in [2.45, 2.75) is 33.1 Å². The van der Waals surface area contributed by atoms with Crippen molar-refractivity contribution in [3.05, 3.63) is 41.5 Å². The van der Waals surface area contributed by atoms with Gasteiger partial charge in [0.05, 0.1) is 0 Å². The third-order valence-electron chi connectivity index (χ3n) is 4.13. The molecule has 0 radical (unpaired) electrons. The predicted octanol–water partition coefficient (Wildman–Crippen LogP) is 2.57. The molecule has 0 saturated carbocycles. The average molecular weight is 311 g/mol. The molecule has 6 nitrogen and oxygen atoms in total. The highest BCUT2D eigenvalue weighted by atomic mass is 16.2. The Morgan fingerprint density at radius 2 is 2.17 bits per heavy atom. The molecule has 1 atom stereocenters. The summed E-state index contributed by atoms with van der Waals surface area (Å²) in [5.74, 6) is 2.65. The minimum absolute atomic E-state index is 0.114. The maximum Gasteiger partial charge on any atom is 0.219 e. The summed E-state index contributed by atoms with van der Waals surface area (Å²) in [7, 11) is 0. The van der Waals surface area contributed by atoms with Crippen LogP contribution in [0.3, 0.4) is 0 Å². The summed E-state index contributed by atoms with van der Waals surface area (Å²) < 4.78 is 0. The molecule has 0 spiro atoms. The number of aryl methyl sites for hydroxylation is 2. The predicted molar refractivity (Wildman–Crippen MR) is 88.6 cm³/mol. The molecule has 3 rings (SSSR count). The first-order valence-corrected chi connectivity index (χ1v) is 7.82. The standard InChI is InChI=1S/C17H21N5O/c1-11-5-4-7-18-16(11)20-15-9-12(2)19-17(21-15)14-6-8-22(10-14)13(3)23/h4-5,7,9,14H,6,8,10H2,1-3H3,(H,18,19,20,21)/t14-/m0/s1. The summed E-state index contributed by atoms with van der Waals surface area (Å²) in [5.41, 5.74) is 1.97. The van der Waals surface area contributed by atoms with Crippen LogP contribution in [-0.4, -0.2) is 38.8 Å². The average Bonchev–Trinajstić information content (AvgIpc) is 2.99. The maximum atomic E-state index is 11.5. The molecule has 23 heavy (non-hydrogen) atoms. The number of carbonyl (C=O) groups is 1. The summed E-state index contributed by atoms with van der Waals surface area (Å²) in [6.07, 6.45) is 2.66. The molecule has 2 aromatic heterocycles. The van der Waals surface area contributed by atoms with Crippen LogP contribution in [0.1, 0.15) is 36.3 Å². The number of nitrogens with zero attached hydrogens (tertiary/aromatic N) is 4. The van der Waals surface area contributed by atoms with E-state index in [0.29, 0.717) is 6.54 Å². The molecule has 3 heterocycles. The van der Waals surface area contributed by atoms with Gasteiger partial charge in [-0.1, -0.05) is 6.07 Å². The molecule has 0 aromatic carbocycles. The summed E-state index contributed by atoms with van der Waals surface area (Å²) in [6, 6.07) is 5.83. The summed E-state index contributed by atoms with van der Waals surface area (Å²) >= 11 is 0. The molecule has 120 valence electrons. The zero-order valence-electron chi connectivity index (χ0n) is 13.7. The van der Waals surface area contributed by atoms with E-state index >= 15 is 0 Å². The molecule has 0 bridgehead atoms. The van der Waals surface area contributed by atoms with Crippen LogP contribution in [0.25, 0.3) is 0 Å². The van der Waals surface area contributed by atoms with Gasteiger partial charge in [0.15, 0.2) is 0 Å². The topological polar surface area (TPSA) is 71.0 Å². The number of hydrogen-bond donors (Lipinski definition) is 1. The van der Waals surface area contributed by atoms with Gasteiger partial charge in [0.25, 0.3) is 0 Å². The highest BCUT2D eigenvalue weighted by molar-refractivity contribution is 5.73. The van der Waals surface area contributed by atoms with Crippen LogP contribution in [0.4, 0.5) is 11.6 Å². The van der Waals surface area contributed by atoms with Gasteiger partial charge >= 0.3 is 0 Å². The number of nitrogens with one attached hydrogen (secondary N) is 1. The Bertz CT molecular complexity index is 731. The molecule has 1 saturated heterocycles. The van der Waals surface area contributed by atoms with Crippen molar-refractivity contribution in [1.29, 1.82) is 0 Å². The first-order chi connectivity index (χ1) is 11.0. The summed E-state index contributed by atoms with van der Waals surface area (Å²) in [5, 5.41) is 3.27. The quantitative estimate of drug-likeness (QED) is 0.943. The second-order valence-electron chi connectivity index (χ2n) is 6.00.